The first-order chi connectivity index (χ1) is 14.1. The Hall–Kier alpha value is -3.25. The summed E-state index contributed by atoms with van der Waals surface area (Å²) in [6.45, 7) is 5.20. The molecule has 146 valence electrons. The number of carbonyl (C=O) groups is 1. The van der Waals surface area contributed by atoms with E-state index in [4.69, 9.17) is 0 Å². The van der Waals surface area contributed by atoms with Crippen LogP contribution in [0.5, 0.6) is 0 Å². The second kappa shape index (κ2) is 8.41. The lowest BCUT2D eigenvalue weighted by Crippen LogP contribution is -2.22. The molecule has 0 aliphatic heterocycles. The highest BCUT2D eigenvalue weighted by molar-refractivity contribution is 7.16. The Labute approximate surface area is 174 Å². The Kier molecular flexibility index (Phi) is 5.53. The van der Waals surface area contributed by atoms with Gasteiger partial charge in [0.05, 0.1) is 18.4 Å². The van der Waals surface area contributed by atoms with Gasteiger partial charge in [0.1, 0.15) is 9.88 Å². The number of nitrogens with zero attached hydrogens (tertiary/aromatic N) is 3. The quantitative estimate of drug-likeness (QED) is 0.513. The molecule has 1 amide bonds. The number of hydrogen-bond donors (Lipinski definition) is 1. The van der Waals surface area contributed by atoms with Crippen LogP contribution in [0.2, 0.25) is 0 Å². The van der Waals surface area contributed by atoms with Crippen molar-refractivity contribution in [2.75, 3.05) is 0 Å². The van der Waals surface area contributed by atoms with Crippen LogP contribution in [0, 0.1) is 13.8 Å². The van der Waals surface area contributed by atoms with E-state index in [0.29, 0.717) is 11.4 Å². The van der Waals surface area contributed by atoms with Crippen LogP contribution < -0.4 is 5.32 Å². The van der Waals surface area contributed by atoms with Crippen molar-refractivity contribution in [2.24, 2.45) is 0 Å². The number of benzene rings is 2. The summed E-state index contributed by atoms with van der Waals surface area (Å²) in [5, 5.41) is 8.52. The molecule has 0 spiro atoms. The molecule has 0 unspecified atom stereocenters. The number of carbonyl (C=O) groups excluding carboxylic acids is 1. The summed E-state index contributed by atoms with van der Waals surface area (Å²) in [5.74, 6) is -0.112. The van der Waals surface area contributed by atoms with Crippen LogP contribution >= 0.6 is 11.3 Å². The predicted octanol–water partition coefficient (Wildman–Crippen LogP) is 4.60. The average molecular weight is 403 g/mol. The fourth-order valence-electron chi connectivity index (χ4n) is 3.25. The second-order valence-electron chi connectivity index (χ2n) is 6.87. The van der Waals surface area contributed by atoms with E-state index in [1.807, 2.05) is 67.1 Å². The summed E-state index contributed by atoms with van der Waals surface area (Å²) in [5.41, 5.74) is 5.29. The van der Waals surface area contributed by atoms with E-state index in [2.05, 4.69) is 27.5 Å². The van der Waals surface area contributed by atoms with Gasteiger partial charge in [-0.3, -0.25) is 9.48 Å². The number of thiazole rings is 1. The number of nitrogens with one attached hydrogen (secondary N) is 1. The van der Waals surface area contributed by atoms with Crippen molar-refractivity contribution in [3.63, 3.8) is 0 Å². The third kappa shape index (κ3) is 4.27. The maximum absolute atomic E-state index is 12.6. The zero-order valence-electron chi connectivity index (χ0n) is 16.4. The van der Waals surface area contributed by atoms with Gasteiger partial charge in [0.25, 0.3) is 5.91 Å². The zero-order valence-corrected chi connectivity index (χ0v) is 17.2. The molecule has 6 heteroatoms. The summed E-state index contributed by atoms with van der Waals surface area (Å²) in [6.07, 6.45) is 1.64. The fraction of sp³-hybridized carbons (Fsp3) is 0.174. The highest BCUT2D eigenvalue weighted by atomic mass is 32.1. The van der Waals surface area contributed by atoms with Gasteiger partial charge in [-0.1, -0.05) is 60.7 Å². The second-order valence-corrected chi connectivity index (χ2v) is 7.90. The van der Waals surface area contributed by atoms with Gasteiger partial charge in [0.2, 0.25) is 0 Å². The van der Waals surface area contributed by atoms with Crippen LogP contribution in [0.3, 0.4) is 0 Å². The molecular weight excluding hydrogens is 380 g/mol. The largest absolute Gasteiger partial charge is 0.347 e. The number of aromatic nitrogens is 3. The van der Waals surface area contributed by atoms with Crippen molar-refractivity contribution in [2.45, 2.75) is 26.9 Å². The molecule has 0 aliphatic rings. The van der Waals surface area contributed by atoms with E-state index in [0.717, 1.165) is 34.1 Å². The molecule has 4 aromatic rings. The Balaban J connectivity index is 1.44. The van der Waals surface area contributed by atoms with Crippen LogP contribution in [0.15, 0.2) is 66.9 Å². The Morgan fingerprint density at radius 2 is 1.72 bits per heavy atom. The summed E-state index contributed by atoms with van der Waals surface area (Å²) < 4.78 is 1.99. The first kappa shape index (κ1) is 19.1. The standard InChI is InChI=1S/C23H22N4OS/c1-16-20(17(2)27(26-16)15-18-9-5-3-6-10-18)13-24-22(28)21-14-25-23(29-21)19-11-7-4-8-12-19/h3-12,14H,13,15H2,1-2H3,(H,24,28). The lowest BCUT2D eigenvalue weighted by Gasteiger charge is -2.07. The molecule has 0 bridgehead atoms. The van der Waals surface area contributed by atoms with Gasteiger partial charge >= 0.3 is 0 Å². The van der Waals surface area contributed by atoms with E-state index in [9.17, 15) is 4.79 Å². The minimum absolute atomic E-state index is 0.112. The van der Waals surface area contributed by atoms with Crippen LogP contribution in [-0.2, 0) is 13.1 Å². The van der Waals surface area contributed by atoms with Crippen LogP contribution in [0.4, 0.5) is 0 Å². The minimum atomic E-state index is -0.112. The Morgan fingerprint density at radius 3 is 2.45 bits per heavy atom. The van der Waals surface area contributed by atoms with E-state index >= 15 is 0 Å². The number of hydrogen-bond acceptors (Lipinski definition) is 4. The normalized spacial score (nSPS) is 10.8. The highest BCUT2D eigenvalue weighted by Gasteiger charge is 2.15. The lowest BCUT2D eigenvalue weighted by molar-refractivity contribution is 0.0954. The lowest BCUT2D eigenvalue weighted by atomic mass is 10.2. The van der Waals surface area contributed by atoms with Crippen molar-refractivity contribution in [3.8, 4) is 10.6 Å². The van der Waals surface area contributed by atoms with Gasteiger partial charge in [0, 0.05) is 23.4 Å². The van der Waals surface area contributed by atoms with Crippen molar-refractivity contribution < 1.29 is 4.79 Å². The van der Waals surface area contributed by atoms with Gasteiger partial charge in [-0.2, -0.15) is 5.10 Å². The summed E-state index contributed by atoms with van der Waals surface area (Å²) in [6, 6.07) is 20.1. The Bertz CT molecular complexity index is 1120. The van der Waals surface area contributed by atoms with Gasteiger partial charge in [0.15, 0.2) is 0 Å². The number of rotatable bonds is 6. The fourth-order valence-corrected chi connectivity index (χ4v) is 4.09. The van der Waals surface area contributed by atoms with Crippen molar-refractivity contribution in [3.05, 3.63) is 94.3 Å². The zero-order chi connectivity index (χ0) is 20.2. The molecule has 0 aliphatic carbocycles. The van der Waals surface area contributed by atoms with Crippen LogP contribution in [-0.4, -0.2) is 20.7 Å². The first-order valence-electron chi connectivity index (χ1n) is 9.48. The van der Waals surface area contributed by atoms with E-state index in [1.165, 1.54) is 16.9 Å². The molecule has 1 N–H and O–H groups in total. The molecule has 0 atom stereocenters. The molecule has 2 aromatic carbocycles. The molecule has 0 saturated carbocycles. The SMILES string of the molecule is Cc1nn(Cc2ccccc2)c(C)c1CNC(=O)c1cnc(-c2ccccc2)s1. The van der Waals surface area contributed by atoms with Crippen molar-refractivity contribution in [1.82, 2.24) is 20.1 Å². The molecular formula is C23H22N4OS. The van der Waals surface area contributed by atoms with E-state index in [1.54, 1.807) is 6.20 Å². The molecule has 2 heterocycles. The first-order valence-corrected chi connectivity index (χ1v) is 10.3. The molecule has 0 fully saturated rings. The van der Waals surface area contributed by atoms with Gasteiger partial charge < -0.3 is 5.32 Å². The smallest absolute Gasteiger partial charge is 0.263 e. The third-order valence-corrected chi connectivity index (χ3v) is 5.93. The topological polar surface area (TPSA) is 59.8 Å². The molecule has 0 radical (unpaired) electrons. The minimum Gasteiger partial charge on any atom is -0.347 e. The number of amides is 1. The molecule has 29 heavy (non-hydrogen) atoms. The maximum Gasteiger partial charge on any atom is 0.263 e. The van der Waals surface area contributed by atoms with Crippen LogP contribution in [0.1, 0.15) is 32.2 Å². The van der Waals surface area contributed by atoms with Crippen molar-refractivity contribution >= 4 is 17.2 Å². The number of aryl methyl sites for hydroxylation is 1. The molecule has 0 saturated heterocycles. The predicted molar refractivity (Wildman–Crippen MR) is 116 cm³/mol. The van der Waals surface area contributed by atoms with Gasteiger partial charge in [-0.05, 0) is 19.4 Å². The summed E-state index contributed by atoms with van der Waals surface area (Å²) in [7, 11) is 0. The van der Waals surface area contributed by atoms with Gasteiger partial charge in [-0.15, -0.1) is 11.3 Å². The van der Waals surface area contributed by atoms with Crippen molar-refractivity contribution in [1.29, 1.82) is 0 Å². The molecule has 5 nitrogen and oxygen atoms in total. The monoisotopic (exact) mass is 402 g/mol. The van der Waals surface area contributed by atoms with E-state index in [-0.39, 0.29) is 5.91 Å². The maximum atomic E-state index is 12.6. The highest BCUT2D eigenvalue weighted by Crippen LogP contribution is 2.25. The van der Waals surface area contributed by atoms with E-state index < -0.39 is 0 Å². The summed E-state index contributed by atoms with van der Waals surface area (Å²) >= 11 is 1.40. The third-order valence-electron chi connectivity index (χ3n) is 4.88. The average Bonchev–Trinajstić information content (AvgIpc) is 3.34. The van der Waals surface area contributed by atoms with Crippen LogP contribution in [0.25, 0.3) is 10.6 Å². The molecule has 4 rings (SSSR count). The Morgan fingerprint density at radius 1 is 1.03 bits per heavy atom. The molecule has 2 aromatic heterocycles. The van der Waals surface area contributed by atoms with Gasteiger partial charge in [-0.25, -0.2) is 4.98 Å². The summed E-state index contributed by atoms with van der Waals surface area (Å²) in [4.78, 5) is 17.6.